The van der Waals surface area contributed by atoms with Crippen LogP contribution in [-0.4, -0.2) is 24.2 Å². The van der Waals surface area contributed by atoms with Crippen molar-refractivity contribution >= 4 is 24.2 Å². The molecule has 267 valence electrons. The maximum absolute atomic E-state index is 2.69. The van der Waals surface area contributed by atoms with Crippen molar-refractivity contribution in [3.8, 4) is 0 Å². The molecule has 0 bridgehead atoms. The summed E-state index contributed by atoms with van der Waals surface area (Å²) in [5.41, 5.74) is 8.97. The molecule has 4 heteroatoms. The van der Waals surface area contributed by atoms with Crippen LogP contribution in [0, 0.1) is 0 Å². The quantitative estimate of drug-likeness (QED) is 0.109. The van der Waals surface area contributed by atoms with Crippen LogP contribution in [0.1, 0.15) is 33.4 Å². The summed E-state index contributed by atoms with van der Waals surface area (Å²) in [5.74, 6) is 0. The first kappa shape index (κ1) is 38.2. The van der Waals surface area contributed by atoms with E-state index in [2.05, 4.69) is 241 Å². The minimum atomic E-state index is -2.29. The van der Waals surface area contributed by atoms with E-state index in [1.807, 2.05) is 0 Å². The molecule has 0 fully saturated rings. The van der Waals surface area contributed by atoms with Crippen molar-refractivity contribution in [2.24, 2.45) is 0 Å². The molecule has 0 spiro atoms. The summed E-state index contributed by atoms with van der Waals surface area (Å²) >= 11 is -2.27. The predicted octanol–water partition coefficient (Wildman–Crippen LogP) is 13.1. The second-order valence-corrected chi connectivity index (χ2v) is 38.6. The van der Waals surface area contributed by atoms with Crippen LogP contribution in [0.5, 0.6) is 0 Å². The van der Waals surface area contributed by atoms with Gasteiger partial charge in [-0.05, 0) is 0 Å². The van der Waals surface area contributed by atoms with E-state index in [1.54, 1.807) is 0 Å². The predicted molar refractivity (Wildman–Crippen MR) is 231 cm³/mol. The molecule has 0 aliphatic carbocycles. The first-order valence-corrected chi connectivity index (χ1v) is 31.2. The van der Waals surface area contributed by atoms with Gasteiger partial charge in [-0.25, -0.2) is 0 Å². The van der Waals surface area contributed by atoms with Crippen LogP contribution in [0.15, 0.2) is 182 Å². The van der Waals surface area contributed by atoms with Crippen molar-refractivity contribution in [1.29, 1.82) is 0 Å². The van der Waals surface area contributed by atoms with Crippen molar-refractivity contribution in [1.82, 2.24) is 0 Å². The van der Waals surface area contributed by atoms with E-state index in [0.29, 0.717) is 0 Å². The topological polar surface area (TPSA) is 0 Å². The number of benzene rings is 6. The van der Waals surface area contributed by atoms with Gasteiger partial charge < -0.3 is 0 Å². The van der Waals surface area contributed by atoms with Crippen LogP contribution in [0.25, 0.3) is 0 Å². The molecular formula is C48H57CrSi3. The van der Waals surface area contributed by atoms with Crippen molar-refractivity contribution in [2.45, 2.75) is 70.6 Å². The second-order valence-electron chi connectivity index (χ2n) is 17.3. The summed E-state index contributed by atoms with van der Waals surface area (Å²) in [6.07, 6.45) is 0. The number of hydrogen-bond donors (Lipinski definition) is 0. The van der Waals surface area contributed by atoms with Gasteiger partial charge in [-0.3, -0.25) is 0 Å². The van der Waals surface area contributed by atoms with Gasteiger partial charge in [0.1, 0.15) is 0 Å². The molecule has 0 saturated heterocycles. The van der Waals surface area contributed by atoms with Crippen molar-refractivity contribution in [2.75, 3.05) is 0 Å². The Hall–Kier alpha value is -3.50. The van der Waals surface area contributed by atoms with E-state index in [9.17, 15) is 0 Å². The molecule has 52 heavy (non-hydrogen) atoms. The van der Waals surface area contributed by atoms with Crippen LogP contribution in [0.4, 0.5) is 0 Å². The van der Waals surface area contributed by atoms with Gasteiger partial charge in [0.25, 0.3) is 0 Å². The Balaban J connectivity index is 2.08. The molecule has 0 unspecified atom stereocenters. The standard InChI is InChI=1S/3C16H19Si.Cr/c3*1-17(2,3)16(14-10-6-4-7-11-14)15-12-8-5-9-13-15;/h3*4-13H,1-3H3;. The van der Waals surface area contributed by atoms with E-state index in [1.165, 1.54) is 33.4 Å². The van der Waals surface area contributed by atoms with E-state index >= 15 is 0 Å². The summed E-state index contributed by atoms with van der Waals surface area (Å²) in [5, 5.41) is 0. The molecule has 6 rings (SSSR count). The molecule has 0 amide bonds. The second kappa shape index (κ2) is 14.7. The van der Waals surface area contributed by atoms with Crippen LogP contribution < -0.4 is 0 Å². The Labute approximate surface area is 322 Å². The molecular weight excluding hydrogens is 713 g/mol. The summed E-state index contributed by atoms with van der Waals surface area (Å²) in [6.45, 7) is 24.2. The van der Waals surface area contributed by atoms with Crippen LogP contribution in [-0.2, 0) is 25.8 Å². The zero-order valence-corrected chi connectivity index (χ0v) is 37.0. The number of rotatable bonds is 12. The van der Waals surface area contributed by atoms with Gasteiger partial charge in [0, 0.05) is 0 Å². The van der Waals surface area contributed by atoms with Crippen molar-refractivity contribution in [3.63, 3.8) is 0 Å². The molecule has 0 atom stereocenters. The fraction of sp³-hybridized carbons (Fsp3) is 0.250. The Morgan fingerprint density at radius 2 is 0.385 bits per heavy atom. The normalized spacial score (nSPS) is 13.3. The van der Waals surface area contributed by atoms with Crippen molar-refractivity contribution in [3.05, 3.63) is 215 Å². The molecule has 0 aliphatic heterocycles. The molecule has 0 aliphatic rings. The minimum absolute atomic E-state index is 0.229. The third kappa shape index (κ3) is 6.11. The van der Waals surface area contributed by atoms with Gasteiger partial charge in [-0.1, -0.05) is 0 Å². The van der Waals surface area contributed by atoms with E-state index in [4.69, 9.17) is 0 Å². The van der Waals surface area contributed by atoms with Gasteiger partial charge in [0.15, 0.2) is 0 Å². The summed E-state index contributed by atoms with van der Waals surface area (Å²) in [6, 6.07) is 71.3. The van der Waals surface area contributed by atoms with Crippen molar-refractivity contribution < 1.29 is 14.1 Å². The average Bonchev–Trinajstić information content (AvgIpc) is 3.13. The Bertz CT molecular complexity index is 1650. The molecule has 0 saturated carbocycles. The van der Waals surface area contributed by atoms with E-state index in [-0.39, 0.29) is 11.7 Å². The van der Waals surface area contributed by atoms with Crippen LogP contribution in [0.3, 0.4) is 0 Å². The summed E-state index contributed by atoms with van der Waals surface area (Å²) in [7, 11) is -6.87. The van der Waals surface area contributed by atoms with E-state index in [0.717, 1.165) is 0 Å². The zero-order valence-electron chi connectivity index (χ0n) is 32.7. The Kier molecular flexibility index (Phi) is 10.8. The summed E-state index contributed by atoms with van der Waals surface area (Å²) < 4.78 is -0.686. The van der Waals surface area contributed by atoms with Crippen LogP contribution >= 0.6 is 0 Å². The zero-order chi connectivity index (χ0) is 37.3. The number of hydrogen-bond acceptors (Lipinski definition) is 0. The van der Waals surface area contributed by atoms with Crippen LogP contribution in [0.2, 0.25) is 58.9 Å². The van der Waals surface area contributed by atoms with Gasteiger partial charge in [-0.15, -0.1) is 0 Å². The Morgan fingerprint density at radius 3 is 0.500 bits per heavy atom. The van der Waals surface area contributed by atoms with Gasteiger partial charge >= 0.3 is 324 Å². The van der Waals surface area contributed by atoms with Gasteiger partial charge in [0.2, 0.25) is 0 Å². The average molecular weight is 770 g/mol. The molecule has 6 aromatic rings. The SMILES string of the molecule is C[Si](C)(C)[C](c1ccccc1)(c1ccccc1)[Cr]([C](c1ccccc1)(c1ccccc1)[Si](C)(C)C)[C](c1ccccc1)(c1ccccc1)[Si](C)(C)C. The molecule has 0 radical (unpaired) electrons. The Morgan fingerprint density at radius 1 is 0.250 bits per heavy atom. The van der Waals surface area contributed by atoms with Gasteiger partial charge in [-0.2, -0.15) is 0 Å². The molecule has 0 N–H and O–H groups in total. The molecule has 6 aromatic carbocycles. The summed E-state index contributed by atoms with van der Waals surface area (Å²) in [4.78, 5) is 0. The third-order valence-electron chi connectivity index (χ3n) is 11.2. The fourth-order valence-corrected chi connectivity index (χ4v) is 36.8. The van der Waals surface area contributed by atoms with Gasteiger partial charge in [0.05, 0.1) is 0 Å². The molecule has 0 heterocycles. The molecule has 0 aromatic heterocycles. The van der Waals surface area contributed by atoms with E-state index < -0.39 is 38.4 Å². The third-order valence-corrected chi connectivity index (χ3v) is 35.4. The first-order chi connectivity index (χ1) is 24.7. The fourth-order valence-electron chi connectivity index (χ4n) is 9.45. The monoisotopic (exact) mass is 769 g/mol. The molecule has 0 nitrogen and oxygen atoms in total. The maximum atomic E-state index is 2.69. The first-order valence-electron chi connectivity index (χ1n) is 18.8.